The molecule has 1 aliphatic rings. The number of nitrogens with zero attached hydrogens (tertiary/aromatic N) is 1. The summed E-state index contributed by atoms with van der Waals surface area (Å²) >= 11 is 0. The minimum atomic E-state index is -0.241. The Morgan fingerprint density at radius 3 is 2.04 bits per heavy atom. The first-order chi connectivity index (χ1) is 24.3. The predicted octanol–water partition coefficient (Wildman–Crippen LogP) is 12.5. The fraction of sp³-hybridized carbons (Fsp3) is 0.0222. The van der Waals surface area contributed by atoms with Crippen LogP contribution < -0.4 is 15.0 Å². The van der Waals surface area contributed by atoms with E-state index in [0.717, 1.165) is 88.7 Å². The topological polar surface area (TPSA) is 37.6 Å². The Kier molecular flexibility index (Phi) is 6.21. The number of ether oxygens (including phenoxy) is 1. The van der Waals surface area contributed by atoms with Crippen LogP contribution in [0.5, 0.6) is 5.75 Å². The van der Waals surface area contributed by atoms with E-state index in [1.807, 2.05) is 18.2 Å². The fourth-order valence-corrected chi connectivity index (χ4v) is 7.51. The Bertz CT molecular complexity index is 2680. The lowest BCUT2D eigenvalue weighted by atomic mass is 9.95. The van der Waals surface area contributed by atoms with Crippen molar-refractivity contribution in [2.45, 2.75) is 6.23 Å². The van der Waals surface area contributed by atoms with Crippen molar-refractivity contribution in [3.05, 3.63) is 175 Å². The van der Waals surface area contributed by atoms with Crippen molar-refractivity contribution in [1.82, 2.24) is 0 Å². The molecule has 0 spiro atoms. The van der Waals surface area contributed by atoms with Crippen LogP contribution >= 0.6 is 0 Å². The summed E-state index contributed by atoms with van der Waals surface area (Å²) in [6, 6.07) is 59.7. The summed E-state index contributed by atoms with van der Waals surface area (Å²) in [6.45, 7) is 0. The minimum absolute atomic E-state index is 0.241. The van der Waals surface area contributed by atoms with Crippen LogP contribution in [0.2, 0.25) is 0 Å². The Balaban J connectivity index is 1.21. The van der Waals surface area contributed by atoms with Crippen molar-refractivity contribution in [3.63, 3.8) is 0 Å². The van der Waals surface area contributed by atoms with Gasteiger partial charge in [-0.1, -0.05) is 127 Å². The van der Waals surface area contributed by atoms with Gasteiger partial charge in [-0.15, -0.1) is 0 Å². The average Bonchev–Trinajstić information content (AvgIpc) is 3.78. The molecule has 8 aromatic carbocycles. The third-order valence-electron chi connectivity index (χ3n) is 9.69. The van der Waals surface area contributed by atoms with E-state index in [1.165, 1.54) is 0 Å². The summed E-state index contributed by atoms with van der Waals surface area (Å²) in [7, 11) is 0. The minimum Gasteiger partial charge on any atom is -0.464 e. The van der Waals surface area contributed by atoms with Crippen LogP contribution in [-0.2, 0) is 0 Å². The molecule has 2 heterocycles. The third-order valence-corrected chi connectivity index (χ3v) is 9.69. The molecule has 1 atom stereocenters. The van der Waals surface area contributed by atoms with Crippen LogP contribution in [0.15, 0.2) is 174 Å². The van der Waals surface area contributed by atoms with Gasteiger partial charge >= 0.3 is 0 Å². The van der Waals surface area contributed by atoms with Gasteiger partial charge in [-0.3, -0.25) is 0 Å². The molecule has 1 aromatic heterocycles. The standard InChI is InChI=1S/C45H30N2O2/c1-3-13-30(14-4-1)45-46-37-28-26-29-25-27-33-34(42(29)44(37)49-45)19-11-22-39(33)47(31-15-5-2-6-16-31)38-21-9-7-17-32(38)35-20-12-24-41-43(35)36-18-8-10-23-40(36)48-41/h1-28,45-46H. The molecule has 0 fully saturated rings. The van der Waals surface area contributed by atoms with Gasteiger partial charge < -0.3 is 19.4 Å². The maximum atomic E-state index is 6.70. The zero-order valence-electron chi connectivity index (χ0n) is 26.5. The highest BCUT2D eigenvalue weighted by molar-refractivity contribution is 6.18. The lowest BCUT2D eigenvalue weighted by molar-refractivity contribution is 0.263. The van der Waals surface area contributed by atoms with E-state index in [0.29, 0.717) is 0 Å². The first kappa shape index (κ1) is 27.6. The quantitative estimate of drug-likeness (QED) is 0.192. The molecule has 4 nitrogen and oxygen atoms in total. The van der Waals surface area contributed by atoms with E-state index in [2.05, 4.69) is 162 Å². The molecule has 232 valence electrons. The number of benzene rings is 8. The smallest absolute Gasteiger partial charge is 0.196 e. The maximum Gasteiger partial charge on any atom is 0.196 e. The van der Waals surface area contributed by atoms with Crippen LogP contribution in [0.25, 0.3) is 54.6 Å². The number of para-hydroxylation sites is 3. The molecule has 0 amide bonds. The van der Waals surface area contributed by atoms with E-state index in [-0.39, 0.29) is 6.23 Å². The molecule has 49 heavy (non-hydrogen) atoms. The van der Waals surface area contributed by atoms with Gasteiger partial charge in [0.25, 0.3) is 0 Å². The highest BCUT2D eigenvalue weighted by atomic mass is 16.5. The molecular formula is C45H30N2O2. The molecule has 4 heteroatoms. The second-order valence-corrected chi connectivity index (χ2v) is 12.5. The van der Waals surface area contributed by atoms with Gasteiger partial charge in [0, 0.05) is 38.4 Å². The molecule has 9 aromatic rings. The number of fused-ring (bicyclic) bond motifs is 8. The monoisotopic (exact) mass is 630 g/mol. The number of hydrogen-bond acceptors (Lipinski definition) is 4. The van der Waals surface area contributed by atoms with Crippen LogP contribution in [0.1, 0.15) is 11.8 Å². The largest absolute Gasteiger partial charge is 0.464 e. The highest BCUT2D eigenvalue weighted by Gasteiger charge is 2.27. The van der Waals surface area contributed by atoms with Crippen LogP contribution in [0.3, 0.4) is 0 Å². The number of rotatable bonds is 5. The number of hydrogen-bond donors (Lipinski definition) is 1. The molecule has 0 saturated heterocycles. The molecular weight excluding hydrogens is 601 g/mol. The van der Waals surface area contributed by atoms with Gasteiger partial charge in [0.1, 0.15) is 11.2 Å². The zero-order chi connectivity index (χ0) is 32.3. The highest BCUT2D eigenvalue weighted by Crippen LogP contribution is 2.49. The van der Waals surface area contributed by atoms with Crippen molar-refractivity contribution in [3.8, 4) is 16.9 Å². The van der Waals surface area contributed by atoms with E-state index in [4.69, 9.17) is 9.15 Å². The van der Waals surface area contributed by atoms with Gasteiger partial charge in [0.05, 0.1) is 17.1 Å². The van der Waals surface area contributed by atoms with Gasteiger partial charge in [-0.2, -0.15) is 0 Å². The summed E-state index contributed by atoms with van der Waals surface area (Å²) < 4.78 is 13.0. The fourth-order valence-electron chi connectivity index (χ4n) is 7.51. The van der Waals surface area contributed by atoms with Crippen molar-refractivity contribution in [2.75, 3.05) is 10.2 Å². The summed E-state index contributed by atoms with van der Waals surface area (Å²) in [5.74, 6) is 0.888. The summed E-state index contributed by atoms with van der Waals surface area (Å²) in [5.41, 5.74) is 9.38. The second kappa shape index (κ2) is 11.0. The molecule has 0 bridgehead atoms. The van der Waals surface area contributed by atoms with Crippen LogP contribution in [0, 0.1) is 0 Å². The van der Waals surface area contributed by atoms with E-state index in [9.17, 15) is 0 Å². The molecule has 0 aliphatic carbocycles. The molecule has 1 unspecified atom stereocenters. The third kappa shape index (κ3) is 4.38. The van der Waals surface area contributed by atoms with E-state index >= 15 is 0 Å². The van der Waals surface area contributed by atoms with Gasteiger partial charge in [0.2, 0.25) is 0 Å². The summed E-state index contributed by atoms with van der Waals surface area (Å²) in [4.78, 5) is 2.39. The molecule has 0 radical (unpaired) electrons. The van der Waals surface area contributed by atoms with Crippen molar-refractivity contribution < 1.29 is 9.15 Å². The second-order valence-electron chi connectivity index (χ2n) is 12.5. The Labute approximate surface area is 283 Å². The first-order valence-electron chi connectivity index (χ1n) is 16.6. The SMILES string of the molecule is c1ccc(C2Nc3ccc4ccc5c(N(c6ccccc6)c6ccccc6-c6cccc7oc8ccccc8c67)cccc5c4c3O2)cc1. The van der Waals surface area contributed by atoms with Crippen molar-refractivity contribution >= 4 is 66.2 Å². The van der Waals surface area contributed by atoms with Crippen LogP contribution in [-0.4, -0.2) is 0 Å². The maximum absolute atomic E-state index is 6.70. The van der Waals surface area contributed by atoms with Crippen molar-refractivity contribution in [2.24, 2.45) is 0 Å². The number of furan rings is 1. The van der Waals surface area contributed by atoms with E-state index in [1.54, 1.807) is 0 Å². The number of anilines is 4. The lowest BCUT2D eigenvalue weighted by Gasteiger charge is -2.29. The molecule has 10 rings (SSSR count). The molecule has 1 N–H and O–H groups in total. The normalized spacial score (nSPS) is 13.8. The lowest BCUT2D eigenvalue weighted by Crippen LogP contribution is -2.11. The zero-order valence-corrected chi connectivity index (χ0v) is 26.5. The van der Waals surface area contributed by atoms with Crippen molar-refractivity contribution in [1.29, 1.82) is 0 Å². The van der Waals surface area contributed by atoms with Gasteiger partial charge in [-0.25, -0.2) is 0 Å². The molecule has 0 saturated carbocycles. The Hall–Kier alpha value is -6.52. The number of nitrogens with one attached hydrogen (secondary N) is 1. The predicted molar refractivity (Wildman–Crippen MR) is 202 cm³/mol. The van der Waals surface area contributed by atoms with Gasteiger partial charge in [-0.05, 0) is 58.8 Å². The summed E-state index contributed by atoms with van der Waals surface area (Å²) in [5, 5.41) is 10.4. The van der Waals surface area contributed by atoms with E-state index < -0.39 is 0 Å². The van der Waals surface area contributed by atoms with Gasteiger partial charge in [0.15, 0.2) is 12.0 Å². The summed E-state index contributed by atoms with van der Waals surface area (Å²) in [6.07, 6.45) is -0.241. The first-order valence-corrected chi connectivity index (χ1v) is 16.6. The molecule has 1 aliphatic heterocycles. The average molecular weight is 631 g/mol. The van der Waals surface area contributed by atoms with Crippen LogP contribution in [0.4, 0.5) is 22.7 Å². The Morgan fingerprint density at radius 2 is 1.14 bits per heavy atom. The Morgan fingerprint density at radius 1 is 0.469 bits per heavy atom.